The summed E-state index contributed by atoms with van der Waals surface area (Å²) in [4.78, 5) is 14.3. The van der Waals surface area contributed by atoms with Gasteiger partial charge in [-0.1, -0.05) is 6.42 Å². The Kier molecular flexibility index (Phi) is 5.38. The lowest BCUT2D eigenvalue weighted by Gasteiger charge is -2.33. The molecule has 1 saturated heterocycles. The molecule has 0 saturated carbocycles. The summed E-state index contributed by atoms with van der Waals surface area (Å²) in [6.45, 7) is 1.44. The van der Waals surface area contributed by atoms with E-state index < -0.39 is 0 Å². The summed E-state index contributed by atoms with van der Waals surface area (Å²) in [5.74, 6) is 0.115. The Morgan fingerprint density at radius 3 is 2.89 bits per heavy atom. The molecule has 6 heteroatoms. The number of hydrogen-bond acceptors (Lipinski definition) is 4. The average Bonchev–Trinajstić information content (AvgIpc) is 2.69. The van der Waals surface area contributed by atoms with Crippen molar-refractivity contribution < 1.29 is 9.90 Å². The van der Waals surface area contributed by atoms with Crippen molar-refractivity contribution in [3.8, 4) is 0 Å². The van der Waals surface area contributed by atoms with Crippen LogP contribution in [0, 0.1) is 0 Å². The Bertz CT molecular complexity index is 436. The first kappa shape index (κ1) is 14.7. The molecule has 100 valence electrons. The molecule has 3 nitrogen and oxygen atoms in total. The van der Waals surface area contributed by atoms with Crippen molar-refractivity contribution in [1.29, 1.82) is 0 Å². The second-order valence-corrected chi connectivity index (χ2v) is 8.21. The van der Waals surface area contributed by atoms with Gasteiger partial charge in [0, 0.05) is 11.6 Å². The molecule has 1 aliphatic rings. The number of ketones is 1. The number of hydrogen-bond donors (Lipinski definition) is 1. The van der Waals surface area contributed by atoms with Crippen molar-refractivity contribution in [2.24, 2.45) is 0 Å². The Balaban J connectivity index is 2.04. The van der Waals surface area contributed by atoms with E-state index in [1.807, 2.05) is 6.07 Å². The number of piperidine rings is 1. The normalized spacial score (nSPS) is 21.2. The van der Waals surface area contributed by atoms with E-state index in [-0.39, 0.29) is 18.4 Å². The highest BCUT2D eigenvalue weighted by Crippen LogP contribution is 2.32. The molecule has 1 aromatic rings. The number of thiophene rings is 1. The summed E-state index contributed by atoms with van der Waals surface area (Å²) in [7, 11) is 0. The SMILES string of the molecule is O=C(CN1CCCCC1CO)c1cc(Br)sc1Br. The van der Waals surface area contributed by atoms with Crippen LogP contribution in [0.25, 0.3) is 0 Å². The molecule has 18 heavy (non-hydrogen) atoms. The van der Waals surface area contributed by atoms with Crippen molar-refractivity contribution in [3.63, 3.8) is 0 Å². The van der Waals surface area contributed by atoms with Crippen LogP contribution in [-0.4, -0.2) is 41.5 Å². The van der Waals surface area contributed by atoms with Crippen LogP contribution in [0.4, 0.5) is 0 Å². The molecule has 0 bridgehead atoms. The molecule has 0 aliphatic carbocycles. The van der Waals surface area contributed by atoms with Gasteiger partial charge in [-0.3, -0.25) is 9.69 Å². The molecule has 1 fully saturated rings. The predicted octanol–water partition coefficient (Wildman–Crippen LogP) is 3.30. The second kappa shape index (κ2) is 6.61. The third-order valence-corrected chi connectivity index (χ3v) is 5.60. The number of aliphatic hydroxyl groups is 1. The summed E-state index contributed by atoms with van der Waals surface area (Å²) in [6, 6.07) is 2.00. The van der Waals surface area contributed by atoms with Gasteiger partial charge in [0.25, 0.3) is 0 Å². The van der Waals surface area contributed by atoms with Crippen LogP contribution in [0.2, 0.25) is 0 Å². The molecular formula is C12H15Br2NO2S. The third-order valence-electron chi connectivity index (χ3n) is 3.26. The molecular weight excluding hydrogens is 382 g/mol. The number of carbonyl (C=O) groups excluding carboxylic acids is 1. The highest BCUT2D eigenvalue weighted by atomic mass is 79.9. The van der Waals surface area contributed by atoms with Gasteiger partial charge < -0.3 is 5.11 Å². The quantitative estimate of drug-likeness (QED) is 0.793. The Morgan fingerprint density at radius 1 is 1.50 bits per heavy atom. The number of aliphatic hydroxyl groups excluding tert-OH is 1. The maximum atomic E-state index is 12.2. The lowest BCUT2D eigenvalue weighted by Crippen LogP contribution is -2.44. The fraction of sp³-hybridized carbons (Fsp3) is 0.583. The number of halogens is 2. The Labute approximate surface area is 127 Å². The van der Waals surface area contributed by atoms with Crippen LogP contribution < -0.4 is 0 Å². The van der Waals surface area contributed by atoms with E-state index >= 15 is 0 Å². The minimum Gasteiger partial charge on any atom is -0.395 e. The molecule has 1 N–H and O–H groups in total. The predicted molar refractivity (Wildman–Crippen MR) is 80.3 cm³/mol. The summed E-state index contributed by atoms with van der Waals surface area (Å²) in [5, 5.41) is 9.34. The molecule has 2 rings (SSSR count). The van der Waals surface area contributed by atoms with Gasteiger partial charge in [-0.25, -0.2) is 0 Å². The maximum Gasteiger partial charge on any atom is 0.178 e. The molecule has 0 spiro atoms. The topological polar surface area (TPSA) is 40.5 Å². The van der Waals surface area contributed by atoms with Crippen molar-refractivity contribution >= 4 is 49.0 Å². The molecule has 1 aromatic heterocycles. The summed E-state index contributed by atoms with van der Waals surface area (Å²) in [6.07, 6.45) is 3.24. The van der Waals surface area contributed by atoms with Crippen LogP contribution in [0.15, 0.2) is 13.6 Å². The fourth-order valence-electron chi connectivity index (χ4n) is 2.27. The average molecular weight is 397 g/mol. The van der Waals surface area contributed by atoms with Gasteiger partial charge in [0.05, 0.1) is 20.7 Å². The number of carbonyl (C=O) groups is 1. The highest BCUT2D eigenvalue weighted by Gasteiger charge is 2.25. The van der Waals surface area contributed by atoms with Crippen molar-refractivity contribution in [2.75, 3.05) is 19.7 Å². The van der Waals surface area contributed by atoms with Gasteiger partial charge in [-0.15, -0.1) is 11.3 Å². The van der Waals surface area contributed by atoms with Crippen LogP contribution in [0.5, 0.6) is 0 Å². The lowest BCUT2D eigenvalue weighted by molar-refractivity contribution is 0.0711. The van der Waals surface area contributed by atoms with Crippen molar-refractivity contribution in [2.45, 2.75) is 25.3 Å². The van der Waals surface area contributed by atoms with E-state index in [0.717, 1.165) is 38.9 Å². The highest BCUT2D eigenvalue weighted by molar-refractivity contribution is 9.12. The molecule has 1 aliphatic heterocycles. The lowest BCUT2D eigenvalue weighted by atomic mass is 10.0. The van der Waals surface area contributed by atoms with Crippen LogP contribution in [0.3, 0.4) is 0 Å². The first-order valence-corrected chi connectivity index (χ1v) is 8.35. The van der Waals surface area contributed by atoms with E-state index in [4.69, 9.17) is 0 Å². The molecule has 1 atom stereocenters. The van der Waals surface area contributed by atoms with E-state index in [9.17, 15) is 9.90 Å². The molecule has 1 unspecified atom stereocenters. The summed E-state index contributed by atoms with van der Waals surface area (Å²) < 4.78 is 1.83. The number of likely N-dealkylation sites (tertiary alicyclic amines) is 1. The largest absolute Gasteiger partial charge is 0.395 e. The zero-order valence-electron chi connectivity index (χ0n) is 9.86. The summed E-state index contributed by atoms with van der Waals surface area (Å²) >= 11 is 8.31. The Hall–Kier alpha value is 0.250. The fourth-order valence-corrected chi connectivity index (χ4v) is 5.13. The zero-order valence-corrected chi connectivity index (χ0v) is 13.9. The van der Waals surface area contributed by atoms with Gasteiger partial charge in [0.2, 0.25) is 0 Å². The maximum absolute atomic E-state index is 12.2. The van der Waals surface area contributed by atoms with Gasteiger partial charge in [-0.2, -0.15) is 0 Å². The van der Waals surface area contributed by atoms with E-state index in [1.165, 1.54) is 11.3 Å². The minimum atomic E-state index is 0.115. The van der Waals surface area contributed by atoms with Gasteiger partial charge in [-0.05, 0) is 57.3 Å². The second-order valence-electron chi connectivity index (χ2n) is 4.46. The van der Waals surface area contributed by atoms with Gasteiger partial charge >= 0.3 is 0 Å². The van der Waals surface area contributed by atoms with E-state index in [2.05, 4.69) is 36.8 Å². The first-order chi connectivity index (χ1) is 8.61. The monoisotopic (exact) mass is 395 g/mol. The van der Waals surface area contributed by atoms with Crippen LogP contribution in [0.1, 0.15) is 29.6 Å². The van der Waals surface area contributed by atoms with E-state index in [1.54, 1.807) is 0 Å². The van der Waals surface area contributed by atoms with Crippen molar-refractivity contribution in [3.05, 3.63) is 19.2 Å². The molecule has 0 amide bonds. The zero-order chi connectivity index (χ0) is 13.1. The number of nitrogens with zero attached hydrogens (tertiary/aromatic N) is 1. The first-order valence-electron chi connectivity index (χ1n) is 5.94. The van der Waals surface area contributed by atoms with Gasteiger partial charge in [0.1, 0.15) is 0 Å². The van der Waals surface area contributed by atoms with Gasteiger partial charge in [0.15, 0.2) is 5.78 Å². The van der Waals surface area contributed by atoms with Crippen molar-refractivity contribution in [1.82, 2.24) is 4.90 Å². The van der Waals surface area contributed by atoms with Crippen LogP contribution >= 0.6 is 43.2 Å². The minimum absolute atomic E-state index is 0.115. The molecule has 0 aromatic carbocycles. The van der Waals surface area contributed by atoms with Crippen LogP contribution in [-0.2, 0) is 0 Å². The standard InChI is InChI=1S/C12H15Br2NO2S/c13-11-5-9(12(14)18-11)10(17)6-15-4-2-1-3-8(15)7-16/h5,8,16H,1-4,6-7H2. The molecule has 0 radical (unpaired) electrons. The van der Waals surface area contributed by atoms with E-state index in [0.29, 0.717) is 6.54 Å². The number of Topliss-reactive ketones (excluding diaryl/α,β-unsaturated/α-hetero) is 1. The smallest absolute Gasteiger partial charge is 0.178 e. The third kappa shape index (κ3) is 3.42. The Morgan fingerprint density at radius 2 is 2.28 bits per heavy atom. The summed E-state index contributed by atoms with van der Waals surface area (Å²) in [5.41, 5.74) is 0.731. The molecule has 2 heterocycles. The number of rotatable bonds is 4.